The molecule has 1 aromatic heterocycles. The summed E-state index contributed by atoms with van der Waals surface area (Å²) in [5.74, 6) is 0.121. The minimum atomic E-state index is -1.09. The summed E-state index contributed by atoms with van der Waals surface area (Å²) in [6, 6.07) is 9.44. The summed E-state index contributed by atoms with van der Waals surface area (Å²) in [5, 5.41) is 4.07. The highest BCUT2D eigenvalue weighted by Crippen LogP contribution is 2.55. The lowest BCUT2D eigenvalue weighted by Crippen LogP contribution is -2.53. The smallest absolute Gasteiger partial charge is 0.265 e. The van der Waals surface area contributed by atoms with Gasteiger partial charge in [0.05, 0.1) is 6.04 Å². The lowest BCUT2D eigenvalue weighted by atomic mass is 9.56. The fourth-order valence-corrected chi connectivity index (χ4v) is 4.65. The maximum absolute atomic E-state index is 13.6. The van der Waals surface area contributed by atoms with Crippen LogP contribution >= 0.6 is 0 Å². The van der Waals surface area contributed by atoms with E-state index in [1.807, 2.05) is 62.3 Å². The number of carbonyl (C=O) groups is 2. The predicted octanol–water partition coefficient (Wildman–Crippen LogP) is 3.59. The van der Waals surface area contributed by atoms with Crippen LogP contribution in [0.1, 0.15) is 47.5 Å². The molecule has 146 valence electrons. The largest absolute Gasteiger partial charge is 0.470 e. The molecule has 2 aromatic rings. The van der Waals surface area contributed by atoms with E-state index >= 15 is 0 Å². The molecular weight excluding hydrogens is 356 g/mol. The Morgan fingerprint density at radius 1 is 1.25 bits per heavy atom. The summed E-state index contributed by atoms with van der Waals surface area (Å²) in [5.41, 5.74) is 0.190. The monoisotopic (exact) mass is 380 g/mol. The Morgan fingerprint density at radius 3 is 2.68 bits per heavy atom. The van der Waals surface area contributed by atoms with Gasteiger partial charge in [-0.2, -0.15) is 0 Å². The fourth-order valence-electron chi connectivity index (χ4n) is 4.65. The number of allylic oxidation sites excluding steroid dienone is 2. The van der Waals surface area contributed by atoms with E-state index in [2.05, 4.69) is 5.16 Å². The Labute approximate surface area is 164 Å². The second kappa shape index (κ2) is 7.02. The molecule has 0 bridgehead atoms. The minimum absolute atomic E-state index is 0.135. The van der Waals surface area contributed by atoms with Crippen molar-refractivity contribution in [3.8, 4) is 5.88 Å². The van der Waals surface area contributed by atoms with Gasteiger partial charge in [0.1, 0.15) is 17.6 Å². The summed E-state index contributed by atoms with van der Waals surface area (Å²) >= 11 is 0. The highest BCUT2D eigenvalue weighted by Gasteiger charge is 2.60. The average Bonchev–Trinajstić information content (AvgIpc) is 3.11. The number of hydrogen-bond donors (Lipinski definition) is 0. The van der Waals surface area contributed by atoms with Crippen molar-refractivity contribution in [2.24, 2.45) is 11.3 Å². The first-order valence-electron chi connectivity index (χ1n) is 9.59. The van der Waals surface area contributed by atoms with E-state index in [1.54, 1.807) is 6.08 Å². The second-order valence-corrected chi connectivity index (χ2v) is 7.67. The van der Waals surface area contributed by atoms with Crippen LogP contribution in [0.15, 0.2) is 47.0 Å². The molecule has 0 fully saturated rings. The highest BCUT2D eigenvalue weighted by atomic mass is 16.5. The van der Waals surface area contributed by atoms with Gasteiger partial charge in [0.25, 0.3) is 5.88 Å². The van der Waals surface area contributed by atoms with Gasteiger partial charge in [-0.3, -0.25) is 14.5 Å². The molecule has 2 aliphatic carbocycles. The molecule has 6 heteroatoms. The molecule has 0 spiro atoms. The molecule has 0 saturated heterocycles. The van der Waals surface area contributed by atoms with Crippen molar-refractivity contribution < 1.29 is 18.8 Å². The van der Waals surface area contributed by atoms with Crippen molar-refractivity contribution in [2.45, 2.75) is 32.4 Å². The normalized spacial score (nSPS) is 26.3. The molecule has 28 heavy (non-hydrogen) atoms. The van der Waals surface area contributed by atoms with Crippen LogP contribution in [-0.4, -0.2) is 35.7 Å². The summed E-state index contributed by atoms with van der Waals surface area (Å²) < 4.78 is 11.5. The van der Waals surface area contributed by atoms with Crippen LogP contribution in [0.2, 0.25) is 0 Å². The predicted molar refractivity (Wildman–Crippen MR) is 103 cm³/mol. The topological polar surface area (TPSA) is 72.6 Å². The van der Waals surface area contributed by atoms with Crippen LogP contribution in [0.4, 0.5) is 0 Å². The molecular formula is C22H24N2O4. The molecule has 1 aromatic carbocycles. The third-order valence-corrected chi connectivity index (χ3v) is 6.03. The molecule has 3 atom stereocenters. The third kappa shape index (κ3) is 2.63. The van der Waals surface area contributed by atoms with E-state index in [0.717, 1.165) is 5.56 Å². The zero-order chi connectivity index (χ0) is 19.9. The lowest BCUT2D eigenvalue weighted by molar-refractivity contribution is -0.127. The summed E-state index contributed by atoms with van der Waals surface area (Å²) in [4.78, 5) is 28.6. The number of hydrogen-bond acceptors (Lipinski definition) is 6. The first kappa shape index (κ1) is 18.6. The Bertz CT molecular complexity index is 931. The van der Waals surface area contributed by atoms with Gasteiger partial charge >= 0.3 is 0 Å². The van der Waals surface area contributed by atoms with Gasteiger partial charge in [-0.15, -0.1) is 0 Å². The number of aromatic nitrogens is 1. The third-order valence-electron chi connectivity index (χ3n) is 6.03. The first-order valence-corrected chi connectivity index (χ1v) is 9.59. The van der Waals surface area contributed by atoms with Crippen LogP contribution in [0, 0.1) is 11.3 Å². The summed E-state index contributed by atoms with van der Waals surface area (Å²) in [7, 11) is 3.86. The van der Waals surface area contributed by atoms with Crippen LogP contribution in [0.3, 0.4) is 0 Å². The maximum atomic E-state index is 13.6. The number of benzene rings is 1. The molecule has 0 N–H and O–H groups in total. The SMILES string of the molecule is CCC12C(=O)C=CCC1C(N(C)C)c1onc(OCc3ccccc3)c1C2=O. The maximum Gasteiger partial charge on any atom is 0.265 e. The van der Waals surface area contributed by atoms with Gasteiger partial charge in [-0.1, -0.05) is 43.3 Å². The van der Waals surface area contributed by atoms with E-state index in [0.29, 0.717) is 24.2 Å². The summed E-state index contributed by atoms with van der Waals surface area (Å²) in [6.07, 6.45) is 4.49. The van der Waals surface area contributed by atoms with Crippen LogP contribution in [-0.2, 0) is 11.4 Å². The second-order valence-electron chi connectivity index (χ2n) is 7.67. The van der Waals surface area contributed by atoms with Gasteiger partial charge in [-0.05, 0) is 43.7 Å². The van der Waals surface area contributed by atoms with Crippen molar-refractivity contribution in [2.75, 3.05) is 14.1 Å². The Hall–Kier alpha value is -2.73. The number of Topliss-reactive ketones (excluding diaryl/α,β-unsaturated/α-hetero) is 1. The number of fused-ring (bicyclic) bond motifs is 2. The summed E-state index contributed by atoms with van der Waals surface area (Å²) in [6.45, 7) is 2.17. The zero-order valence-corrected chi connectivity index (χ0v) is 16.3. The van der Waals surface area contributed by atoms with E-state index in [4.69, 9.17) is 9.26 Å². The highest BCUT2D eigenvalue weighted by molar-refractivity contribution is 6.20. The molecule has 4 rings (SSSR count). The fraction of sp³-hybridized carbons (Fsp3) is 0.409. The Kier molecular flexibility index (Phi) is 4.67. The van der Waals surface area contributed by atoms with Crippen molar-refractivity contribution in [3.63, 3.8) is 0 Å². The number of ketones is 2. The molecule has 1 heterocycles. The van der Waals surface area contributed by atoms with Crippen LogP contribution in [0.5, 0.6) is 5.88 Å². The Balaban J connectivity index is 1.78. The van der Waals surface area contributed by atoms with Crippen LogP contribution in [0.25, 0.3) is 0 Å². The first-order chi connectivity index (χ1) is 13.5. The van der Waals surface area contributed by atoms with Crippen LogP contribution < -0.4 is 4.74 Å². The number of carbonyl (C=O) groups excluding carboxylic acids is 2. The average molecular weight is 380 g/mol. The molecule has 0 saturated carbocycles. The van der Waals surface area contributed by atoms with Gasteiger partial charge < -0.3 is 9.26 Å². The van der Waals surface area contributed by atoms with Crippen molar-refractivity contribution in [3.05, 3.63) is 59.4 Å². The molecule has 0 radical (unpaired) electrons. The molecule has 0 aliphatic heterocycles. The van der Waals surface area contributed by atoms with Crippen molar-refractivity contribution >= 4 is 11.6 Å². The van der Waals surface area contributed by atoms with Gasteiger partial charge in [-0.25, -0.2) is 0 Å². The molecule has 3 unspecified atom stereocenters. The lowest BCUT2D eigenvalue weighted by Gasteiger charge is -2.46. The standard InChI is InChI=1S/C22H24N2O4/c1-4-22-15(11-8-12-16(22)25)18(24(2)3)19-17(20(22)26)21(23-28-19)27-13-14-9-6-5-7-10-14/h5-10,12,15,18H,4,11,13H2,1-3H3. The van der Waals surface area contributed by atoms with E-state index in [9.17, 15) is 9.59 Å². The number of nitrogens with zero attached hydrogens (tertiary/aromatic N) is 2. The van der Waals surface area contributed by atoms with Gasteiger partial charge in [0.15, 0.2) is 17.3 Å². The number of rotatable bonds is 5. The van der Waals surface area contributed by atoms with Gasteiger partial charge in [0, 0.05) is 5.92 Å². The van der Waals surface area contributed by atoms with E-state index < -0.39 is 5.41 Å². The zero-order valence-electron chi connectivity index (χ0n) is 16.3. The van der Waals surface area contributed by atoms with Crippen molar-refractivity contribution in [1.29, 1.82) is 0 Å². The molecule has 6 nitrogen and oxygen atoms in total. The minimum Gasteiger partial charge on any atom is -0.470 e. The van der Waals surface area contributed by atoms with Crippen molar-refractivity contribution in [1.82, 2.24) is 10.1 Å². The van der Waals surface area contributed by atoms with Gasteiger partial charge in [0.2, 0.25) is 0 Å². The number of ether oxygens (including phenoxy) is 1. The quantitative estimate of drug-likeness (QED) is 0.738. The molecule has 2 aliphatic rings. The molecule has 0 amide bonds. The van der Waals surface area contributed by atoms with E-state index in [-0.39, 0.29) is 36.0 Å². The van der Waals surface area contributed by atoms with E-state index in [1.165, 1.54) is 0 Å². The Morgan fingerprint density at radius 2 is 2.00 bits per heavy atom.